The molecule has 1 aliphatic rings. The van der Waals surface area contributed by atoms with Crippen LogP contribution in [0.3, 0.4) is 0 Å². The minimum atomic E-state index is -0.984. The van der Waals surface area contributed by atoms with Gasteiger partial charge in [-0.05, 0) is 45.2 Å². The van der Waals surface area contributed by atoms with Gasteiger partial charge >= 0.3 is 0 Å². The number of aryl methyl sites for hydroxylation is 1. The van der Waals surface area contributed by atoms with Crippen LogP contribution in [0.1, 0.15) is 43.7 Å². The van der Waals surface area contributed by atoms with Crippen LogP contribution in [-0.2, 0) is 5.60 Å². The third kappa shape index (κ3) is 2.73. The zero-order chi connectivity index (χ0) is 13.2. The van der Waals surface area contributed by atoms with Gasteiger partial charge in [0.2, 0.25) is 0 Å². The lowest BCUT2D eigenvalue weighted by molar-refractivity contribution is -0.0112. The minimum absolute atomic E-state index is 0.287. The van der Waals surface area contributed by atoms with E-state index >= 15 is 0 Å². The SMILES string of the molecule is CCNC1CCC(O)(c2cc(C)ccc2F)CC1. The van der Waals surface area contributed by atoms with Crippen LogP contribution in [0.5, 0.6) is 0 Å². The molecule has 1 fully saturated rings. The molecule has 0 unspecified atom stereocenters. The van der Waals surface area contributed by atoms with Crippen molar-refractivity contribution >= 4 is 0 Å². The van der Waals surface area contributed by atoms with Crippen molar-refractivity contribution in [2.75, 3.05) is 6.54 Å². The molecule has 1 saturated carbocycles. The van der Waals surface area contributed by atoms with E-state index in [1.54, 1.807) is 12.1 Å². The molecule has 0 bridgehead atoms. The standard InChI is InChI=1S/C15H22FNO/c1-3-17-12-6-8-15(18,9-7-12)13-10-11(2)4-5-14(13)16/h4-5,10,12,17-18H,3,6-9H2,1-2H3. The highest BCUT2D eigenvalue weighted by molar-refractivity contribution is 5.29. The Morgan fingerprint density at radius 3 is 2.67 bits per heavy atom. The molecule has 2 N–H and O–H groups in total. The van der Waals surface area contributed by atoms with Gasteiger partial charge < -0.3 is 10.4 Å². The summed E-state index contributed by atoms with van der Waals surface area (Å²) in [5.41, 5.74) is 0.480. The van der Waals surface area contributed by atoms with Crippen molar-refractivity contribution in [3.63, 3.8) is 0 Å². The summed E-state index contributed by atoms with van der Waals surface area (Å²) in [6.07, 6.45) is 3.06. The van der Waals surface area contributed by atoms with E-state index in [-0.39, 0.29) is 5.82 Å². The molecule has 0 saturated heterocycles. The number of benzene rings is 1. The molecule has 0 atom stereocenters. The van der Waals surface area contributed by atoms with Crippen LogP contribution >= 0.6 is 0 Å². The summed E-state index contributed by atoms with van der Waals surface area (Å²) in [6.45, 7) is 4.96. The van der Waals surface area contributed by atoms with E-state index in [9.17, 15) is 9.50 Å². The summed E-state index contributed by atoms with van der Waals surface area (Å²) in [5.74, 6) is -0.287. The van der Waals surface area contributed by atoms with Crippen molar-refractivity contribution in [2.24, 2.45) is 0 Å². The Kier molecular flexibility index (Phi) is 4.03. The van der Waals surface area contributed by atoms with Crippen LogP contribution in [0.2, 0.25) is 0 Å². The van der Waals surface area contributed by atoms with Crippen LogP contribution in [-0.4, -0.2) is 17.7 Å². The Labute approximate surface area is 108 Å². The van der Waals surface area contributed by atoms with E-state index < -0.39 is 5.60 Å². The number of nitrogens with one attached hydrogen (secondary N) is 1. The predicted molar refractivity (Wildman–Crippen MR) is 71.0 cm³/mol. The topological polar surface area (TPSA) is 32.3 Å². The molecule has 18 heavy (non-hydrogen) atoms. The zero-order valence-electron chi connectivity index (χ0n) is 11.2. The molecule has 0 heterocycles. The molecule has 0 aliphatic heterocycles. The third-order valence-corrected chi connectivity index (χ3v) is 3.93. The second-order valence-corrected chi connectivity index (χ2v) is 5.35. The summed E-state index contributed by atoms with van der Waals surface area (Å²) < 4.78 is 13.9. The lowest BCUT2D eigenvalue weighted by Gasteiger charge is -2.37. The number of aliphatic hydroxyl groups is 1. The van der Waals surface area contributed by atoms with E-state index in [1.165, 1.54) is 6.07 Å². The van der Waals surface area contributed by atoms with Gasteiger partial charge in [-0.25, -0.2) is 4.39 Å². The first-order chi connectivity index (χ1) is 8.55. The predicted octanol–water partition coefficient (Wildman–Crippen LogP) is 2.87. The van der Waals surface area contributed by atoms with E-state index in [2.05, 4.69) is 12.2 Å². The van der Waals surface area contributed by atoms with Crippen molar-refractivity contribution in [1.82, 2.24) is 5.32 Å². The fraction of sp³-hybridized carbons (Fsp3) is 0.600. The Hall–Kier alpha value is -0.930. The maximum atomic E-state index is 13.9. The van der Waals surface area contributed by atoms with E-state index in [4.69, 9.17) is 0 Å². The molecule has 100 valence electrons. The summed E-state index contributed by atoms with van der Waals surface area (Å²) in [7, 11) is 0. The number of hydrogen-bond donors (Lipinski definition) is 2. The molecule has 1 aromatic rings. The largest absolute Gasteiger partial charge is 0.385 e. The second kappa shape index (κ2) is 5.37. The van der Waals surface area contributed by atoms with Crippen LogP contribution < -0.4 is 5.32 Å². The second-order valence-electron chi connectivity index (χ2n) is 5.35. The molecule has 0 aromatic heterocycles. The summed E-state index contributed by atoms with van der Waals surface area (Å²) in [4.78, 5) is 0. The number of hydrogen-bond acceptors (Lipinski definition) is 2. The molecule has 2 rings (SSSR count). The van der Waals surface area contributed by atoms with Crippen molar-refractivity contribution in [2.45, 2.75) is 51.2 Å². The van der Waals surface area contributed by atoms with Crippen molar-refractivity contribution in [3.8, 4) is 0 Å². The van der Waals surface area contributed by atoms with Gasteiger partial charge in [-0.2, -0.15) is 0 Å². The van der Waals surface area contributed by atoms with Gasteiger partial charge in [-0.3, -0.25) is 0 Å². The van der Waals surface area contributed by atoms with Gasteiger partial charge in [0.1, 0.15) is 5.82 Å². The van der Waals surface area contributed by atoms with E-state index in [0.717, 1.165) is 24.9 Å². The third-order valence-electron chi connectivity index (χ3n) is 3.93. The Morgan fingerprint density at radius 2 is 2.06 bits per heavy atom. The fourth-order valence-corrected chi connectivity index (χ4v) is 2.85. The maximum absolute atomic E-state index is 13.9. The fourth-order valence-electron chi connectivity index (χ4n) is 2.85. The first-order valence-corrected chi connectivity index (χ1v) is 6.77. The molecule has 0 spiro atoms. The normalized spacial score (nSPS) is 28.3. The number of rotatable bonds is 3. The molecule has 1 aromatic carbocycles. The average Bonchev–Trinajstić information content (AvgIpc) is 2.36. The van der Waals surface area contributed by atoms with E-state index in [1.807, 2.05) is 6.92 Å². The summed E-state index contributed by atoms with van der Waals surface area (Å²) in [5, 5.41) is 14.1. The molecular formula is C15H22FNO. The lowest BCUT2D eigenvalue weighted by atomic mass is 9.77. The molecule has 0 radical (unpaired) electrons. The van der Waals surface area contributed by atoms with Crippen LogP contribution in [0.15, 0.2) is 18.2 Å². The molecule has 0 amide bonds. The Balaban J connectivity index is 2.15. The summed E-state index contributed by atoms with van der Waals surface area (Å²) >= 11 is 0. The first-order valence-electron chi connectivity index (χ1n) is 6.77. The minimum Gasteiger partial charge on any atom is -0.385 e. The van der Waals surface area contributed by atoms with Gasteiger partial charge in [0, 0.05) is 11.6 Å². The maximum Gasteiger partial charge on any atom is 0.129 e. The van der Waals surface area contributed by atoms with E-state index in [0.29, 0.717) is 24.4 Å². The Bertz CT molecular complexity index is 411. The molecule has 1 aliphatic carbocycles. The van der Waals surface area contributed by atoms with Gasteiger partial charge in [0.15, 0.2) is 0 Å². The van der Waals surface area contributed by atoms with Crippen LogP contribution in [0.25, 0.3) is 0 Å². The Morgan fingerprint density at radius 1 is 1.39 bits per heavy atom. The first kappa shape index (κ1) is 13.5. The highest BCUT2D eigenvalue weighted by Gasteiger charge is 2.36. The molecule has 2 nitrogen and oxygen atoms in total. The zero-order valence-corrected chi connectivity index (χ0v) is 11.2. The van der Waals surface area contributed by atoms with Gasteiger partial charge in [-0.15, -0.1) is 0 Å². The van der Waals surface area contributed by atoms with Crippen molar-refractivity contribution in [1.29, 1.82) is 0 Å². The average molecular weight is 251 g/mol. The lowest BCUT2D eigenvalue weighted by Crippen LogP contribution is -2.40. The van der Waals surface area contributed by atoms with Gasteiger partial charge in [0.25, 0.3) is 0 Å². The number of halogens is 1. The quantitative estimate of drug-likeness (QED) is 0.865. The van der Waals surface area contributed by atoms with Crippen LogP contribution in [0, 0.1) is 12.7 Å². The van der Waals surface area contributed by atoms with Crippen molar-refractivity contribution in [3.05, 3.63) is 35.1 Å². The molecule has 3 heteroatoms. The van der Waals surface area contributed by atoms with Crippen molar-refractivity contribution < 1.29 is 9.50 Å². The van der Waals surface area contributed by atoms with Gasteiger partial charge in [-0.1, -0.05) is 24.6 Å². The molecular weight excluding hydrogens is 229 g/mol. The monoisotopic (exact) mass is 251 g/mol. The van der Waals surface area contributed by atoms with Crippen LogP contribution in [0.4, 0.5) is 4.39 Å². The van der Waals surface area contributed by atoms with Gasteiger partial charge in [0.05, 0.1) is 5.60 Å². The smallest absolute Gasteiger partial charge is 0.129 e. The summed E-state index contributed by atoms with van der Waals surface area (Å²) in [6, 6.07) is 5.44. The highest BCUT2D eigenvalue weighted by Crippen LogP contribution is 2.38. The highest BCUT2D eigenvalue weighted by atomic mass is 19.1.